The van der Waals surface area contributed by atoms with Crippen LogP contribution in [0.2, 0.25) is 0 Å². The SMILES string of the molecule is C#Cc1ccc(C2CCCN2C(=O)c2cnccc2C)cc1. The Hall–Kier alpha value is -2.60. The van der Waals surface area contributed by atoms with E-state index >= 15 is 0 Å². The largest absolute Gasteiger partial charge is 0.332 e. The Morgan fingerprint density at radius 3 is 2.77 bits per heavy atom. The number of likely N-dealkylation sites (tertiary alicyclic amines) is 1. The molecule has 3 nitrogen and oxygen atoms in total. The minimum Gasteiger partial charge on any atom is -0.332 e. The summed E-state index contributed by atoms with van der Waals surface area (Å²) in [7, 11) is 0. The van der Waals surface area contributed by atoms with E-state index in [0.717, 1.165) is 36.1 Å². The van der Waals surface area contributed by atoms with Gasteiger partial charge in [0.2, 0.25) is 0 Å². The van der Waals surface area contributed by atoms with Gasteiger partial charge in [0.15, 0.2) is 0 Å². The number of pyridine rings is 1. The zero-order valence-corrected chi connectivity index (χ0v) is 12.6. The lowest BCUT2D eigenvalue weighted by Gasteiger charge is -2.25. The Kier molecular flexibility index (Phi) is 3.93. The van der Waals surface area contributed by atoms with Gasteiger partial charge in [-0.15, -0.1) is 6.42 Å². The van der Waals surface area contributed by atoms with Crippen molar-refractivity contribution < 1.29 is 4.79 Å². The molecule has 1 saturated heterocycles. The summed E-state index contributed by atoms with van der Waals surface area (Å²) in [4.78, 5) is 18.9. The van der Waals surface area contributed by atoms with Crippen LogP contribution >= 0.6 is 0 Å². The third-order valence-electron chi connectivity index (χ3n) is 4.25. The predicted octanol–water partition coefficient (Wildman–Crippen LogP) is 3.35. The molecule has 1 fully saturated rings. The highest BCUT2D eigenvalue weighted by Crippen LogP contribution is 2.33. The number of aromatic nitrogens is 1. The van der Waals surface area contributed by atoms with Crippen molar-refractivity contribution in [2.45, 2.75) is 25.8 Å². The molecule has 0 aliphatic carbocycles. The molecule has 110 valence electrons. The minimum absolute atomic E-state index is 0.0640. The van der Waals surface area contributed by atoms with Crippen molar-refractivity contribution in [2.24, 2.45) is 0 Å². The predicted molar refractivity (Wildman–Crippen MR) is 86.4 cm³/mol. The van der Waals surface area contributed by atoms with E-state index in [1.165, 1.54) is 0 Å². The molecule has 0 saturated carbocycles. The second-order valence-corrected chi connectivity index (χ2v) is 5.61. The van der Waals surface area contributed by atoms with E-state index in [1.54, 1.807) is 12.4 Å². The number of carbonyl (C=O) groups is 1. The Morgan fingerprint density at radius 1 is 1.32 bits per heavy atom. The van der Waals surface area contributed by atoms with Gasteiger partial charge in [0.05, 0.1) is 11.6 Å². The third-order valence-corrected chi connectivity index (χ3v) is 4.25. The van der Waals surface area contributed by atoms with Gasteiger partial charge in [-0.1, -0.05) is 18.1 Å². The maximum absolute atomic E-state index is 12.8. The van der Waals surface area contributed by atoms with Crippen LogP contribution in [0.3, 0.4) is 0 Å². The van der Waals surface area contributed by atoms with Crippen molar-refractivity contribution in [1.82, 2.24) is 9.88 Å². The van der Waals surface area contributed by atoms with Crippen LogP contribution in [0.1, 0.15) is 45.9 Å². The van der Waals surface area contributed by atoms with Crippen LogP contribution in [0, 0.1) is 19.3 Å². The highest BCUT2D eigenvalue weighted by Gasteiger charge is 2.31. The smallest absolute Gasteiger partial charge is 0.256 e. The molecule has 2 aromatic rings. The Balaban J connectivity index is 1.88. The molecule has 3 heteroatoms. The molecule has 0 N–H and O–H groups in total. The monoisotopic (exact) mass is 290 g/mol. The molecule has 1 aromatic carbocycles. The van der Waals surface area contributed by atoms with Gasteiger partial charge in [-0.2, -0.15) is 0 Å². The van der Waals surface area contributed by atoms with Gasteiger partial charge in [-0.25, -0.2) is 0 Å². The molecule has 2 heterocycles. The molecule has 1 unspecified atom stereocenters. The number of nitrogens with zero attached hydrogens (tertiary/aromatic N) is 2. The first-order chi connectivity index (χ1) is 10.7. The molecule has 1 amide bonds. The number of benzene rings is 1. The first-order valence-corrected chi connectivity index (χ1v) is 7.49. The van der Waals surface area contributed by atoms with E-state index < -0.39 is 0 Å². The van der Waals surface area contributed by atoms with Gasteiger partial charge < -0.3 is 4.90 Å². The number of carbonyl (C=O) groups excluding carboxylic acids is 1. The molecule has 3 rings (SSSR count). The summed E-state index contributed by atoms with van der Waals surface area (Å²) in [6.07, 6.45) is 10.8. The normalized spacial score (nSPS) is 17.3. The Labute approximate surface area is 131 Å². The van der Waals surface area contributed by atoms with Crippen LogP contribution in [-0.2, 0) is 0 Å². The highest BCUT2D eigenvalue weighted by atomic mass is 16.2. The second kappa shape index (κ2) is 6.03. The van der Waals surface area contributed by atoms with E-state index in [0.29, 0.717) is 5.56 Å². The van der Waals surface area contributed by atoms with Crippen LogP contribution in [0.5, 0.6) is 0 Å². The number of aryl methyl sites for hydroxylation is 1. The van der Waals surface area contributed by atoms with Crippen molar-refractivity contribution in [3.8, 4) is 12.3 Å². The van der Waals surface area contributed by atoms with E-state index in [9.17, 15) is 4.79 Å². The van der Waals surface area contributed by atoms with Gasteiger partial charge >= 0.3 is 0 Å². The van der Waals surface area contributed by atoms with Gasteiger partial charge in [0.1, 0.15) is 0 Å². The lowest BCUT2D eigenvalue weighted by molar-refractivity contribution is 0.0734. The number of rotatable bonds is 2. The standard InChI is InChI=1S/C19H18N2O/c1-3-15-6-8-16(9-7-15)18-5-4-12-21(18)19(22)17-13-20-11-10-14(17)2/h1,6-11,13,18H,4-5,12H2,2H3. The molecule has 1 aliphatic heterocycles. The number of amides is 1. The van der Waals surface area contributed by atoms with Crippen LogP contribution < -0.4 is 0 Å². The summed E-state index contributed by atoms with van der Waals surface area (Å²) in [5.74, 6) is 2.69. The summed E-state index contributed by atoms with van der Waals surface area (Å²) < 4.78 is 0. The van der Waals surface area contributed by atoms with Gasteiger partial charge in [0.25, 0.3) is 5.91 Å². The fourth-order valence-electron chi connectivity index (χ4n) is 3.00. The average molecular weight is 290 g/mol. The molecule has 1 atom stereocenters. The zero-order chi connectivity index (χ0) is 15.5. The van der Waals surface area contributed by atoms with Gasteiger partial charge in [0, 0.05) is 24.5 Å². The molecular weight excluding hydrogens is 272 g/mol. The van der Waals surface area contributed by atoms with Crippen molar-refractivity contribution in [2.75, 3.05) is 6.54 Å². The van der Waals surface area contributed by atoms with Crippen molar-refractivity contribution in [3.63, 3.8) is 0 Å². The molecule has 1 aromatic heterocycles. The summed E-state index contributed by atoms with van der Waals surface area (Å²) in [6.45, 7) is 2.73. The lowest BCUT2D eigenvalue weighted by Crippen LogP contribution is -2.31. The average Bonchev–Trinajstić information content (AvgIpc) is 3.04. The Bertz CT molecular complexity index is 728. The summed E-state index contributed by atoms with van der Waals surface area (Å²) in [5, 5.41) is 0. The van der Waals surface area contributed by atoms with Crippen molar-refractivity contribution >= 4 is 5.91 Å². The number of hydrogen-bond acceptors (Lipinski definition) is 2. The van der Waals surface area contributed by atoms with E-state index in [4.69, 9.17) is 6.42 Å². The van der Waals surface area contributed by atoms with Crippen LogP contribution in [0.15, 0.2) is 42.7 Å². The Morgan fingerprint density at radius 2 is 2.09 bits per heavy atom. The second-order valence-electron chi connectivity index (χ2n) is 5.61. The van der Waals surface area contributed by atoms with E-state index in [2.05, 4.69) is 10.9 Å². The first-order valence-electron chi connectivity index (χ1n) is 7.49. The molecule has 0 bridgehead atoms. The summed E-state index contributed by atoms with van der Waals surface area (Å²) in [6, 6.07) is 9.93. The summed E-state index contributed by atoms with van der Waals surface area (Å²) in [5.41, 5.74) is 3.66. The fraction of sp³-hybridized carbons (Fsp3) is 0.263. The van der Waals surface area contributed by atoms with Gasteiger partial charge in [-0.05, 0) is 49.1 Å². The van der Waals surface area contributed by atoms with E-state index in [-0.39, 0.29) is 11.9 Å². The number of hydrogen-bond donors (Lipinski definition) is 0. The topological polar surface area (TPSA) is 33.2 Å². The van der Waals surface area contributed by atoms with Crippen LogP contribution in [-0.4, -0.2) is 22.3 Å². The van der Waals surface area contributed by atoms with Crippen molar-refractivity contribution in [1.29, 1.82) is 0 Å². The maximum atomic E-state index is 12.8. The van der Waals surface area contributed by atoms with Crippen LogP contribution in [0.25, 0.3) is 0 Å². The molecular formula is C19H18N2O. The molecule has 0 spiro atoms. The molecule has 0 radical (unpaired) electrons. The molecule has 22 heavy (non-hydrogen) atoms. The first kappa shape index (κ1) is 14.3. The van der Waals surface area contributed by atoms with Gasteiger partial charge in [-0.3, -0.25) is 9.78 Å². The minimum atomic E-state index is 0.0640. The zero-order valence-electron chi connectivity index (χ0n) is 12.6. The number of terminal acetylenes is 1. The van der Waals surface area contributed by atoms with E-state index in [1.807, 2.05) is 42.2 Å². The fourth-order valence-corrected chi connectivity index (χ4v) is 3.00. The quantitative estimate of drug-likeness (QED) is 0.795. The lowest BCUT2D eigenvalue weighted by atomic mass is 10.0. The molecule has 1 aliphatic rings. The maximum Gasteiger partial charge on any atom is 0.256 e. The third kappa shape index (κ3) is 2.60. The van der Waals surface area contributed by atoms with Crippen molar-refractivity contribution in [3.05, 3.63) is 65.0 Å². The summed E-state index contributed by atoms with van der Waals surface area (Å²) >= 11 is 0. The highest BCUT2D eigenvalue weighted by molar-refractivity contribution is 5.95. The van der Waals surface area contributed by atoms with Crippen LogP contribution in [0.4, 0.5) is 0 Å².